The summed E-state index contributed by atoms with van der Waals surface area (Å²) >= 11 is 0. The van der Waals surface area contributed by atoms with Gasteiger partial charge in [0.05, 0.1) is 26.0 Å². The Bertz CT molecular complexity index is 859. The molecule has 0 spiro atoms. The molecule has 1 saturated heterocycles. The molecule has 0 aliphatic carbocycles. The first kappa shape index (κ1) is 21.7. The molecule has 0 saturated carbocycles. The topological polar surface area (TPSA) is 84.9 Å². The van der Waals surface area contributed by atoms with E-state index in [1.54, 1.807) is 12.0 Å². The fourth-order valence-corrected chi connectivity index (χ4v) is 3.40. The molecule has 1 aromatic carbocycles. The van der Waals surface area contributed by atoms with Crippen molar-refractivity contribution in [1.82, 2.24) is 19.8 Å². The molecular formula is C22H28N4O4. The highest BCUT2D eigenvalue weighted by atomic mass is 16.5. The van der Waals surface area contributed by atoms with Crippen molar-refractivity contribution in [2.24, 2.45) is 5.92 Å². The molecule has 8 nitrogen and oxygen atoms in total. The first-order chi connectivity index (χ1) is 14.5. The van der Waals surface area contributed by atoms with Crippen LogP contribution in [0.1, 0.15) is 29.9 Å². The van der Waals surface area contributed by atoms with E-state index in [9.17, 15) is 9.59 Å². The van der Waals surface area contributed by atoms with Gasteiger partial charge < -0.3 is 19.3 Å². The average Bonchev–Trinajstić information content (AvgIpc) is 2.91. The van der Waals surface area contributed by atoms with E-state index in [0.717, 1.165) is 11.3 Å². The van der Waals surface area contributed by atoms with Gasteiger partial charge in [0.15, 0.2) is 0 Å². The third-order valence-electron chi connectivity index (χ3n) is 4.80. The number of carbonyl (C=O) groups excluding carboxylic acids is 2. The summed E-state index contributed by atoms with van der Waals surface area (Å²) < 4.78 is 11.4. The summed E-state index contributed by atoms with van der Waals surface area (Å²) in [5, 5.41) is 0. The van der Waals surface area contributed by atoms with Crippen LogP contribution in [0.15, 0.2) is 42.9 Å². The van der Waals surface area contributed by atoms with Crippen LogP contribution in [0.5, 0.6) is 5.75 Å². The molecule has 1 aliphatic rings. The zero-order valence-corrected chi connectivity index (χ0v) is 17.7. The predicted molar refractivity (Wildman–Crippen MR) is 111 cm³/mol. The van der Waals surface area contributed by atoms with Crippen LogP contribution in [0.4, 0.5) is 0 Å². The van der Waals surface area contributed by atoms with Gasteiger partial charge in [-0.15, -0.1) is 0 Å². The molecule has 1 aromatic heterocycles. The lowest BCUT2D eigenvalue weighted by molar-refractivity contribution is -0.132. The highest BCUT2D eigenvalue weighted by Crippen LogP contribution is 2.17. The Morgan fingerprint density at radius 2 is 2.10 bits per heavy atom. The number of nitrogens with zero attached hydrogens (tertiary/aromatic N) is 4. The van der Waals surface area contributed by atoms with E-state index in [2.05, 4.69) is 23.8 Å². The molecule has 3 rings (SSSR count). The maximum atomic E-state index is 12.9. The summed E-state index contributed by atoms with van der Waals surface area (Å²) in [5.41, 5.74) is 1.18. The van der Waals surface area contributed by atoms with Crippen LogP contribution in [0.3, 0.4) is 0 Å². The monoisotopic (exact) mass is 412 g/mol. The smallest absolute Gasteiger partial charge is 0.274 e. The summed E-state index contributed by atoms with van der Waals surface area (Å²) in [6, 6.07) is 7.65. The minimum absolute atomic E-state index is 0.00114. The second kappa shape index (κ2) is 10.2. The number of aromatic nitrogens is 2. The van der Waals surface area contributed by atoms with Crippen molar-refractivity contribution in [3.05, 3.63) is 54.1 Å². The van der Waals surface area contributed by atoms with Gasteiger partial charge in [0, 0.05) is 32.0 Å². The number of carbonyl (C=O) groups is 2. The van der Waals surface area contributed by atoms with Crippen LogP contribution in [0.2, 0.25) is 0 Å². The van der Waals surface area contributed by atoms with E-state index >= 15 is 0 Å². The third kappa shape index (κ3) is 5.76. The SMILES string of the molecule is COc1cccc(COC2CN(CC(C)C)C(=O)CN(C(=O)c3cnccn3)C2)c1. The number of methoxy groups -OCH3 is 1. The lowest BCUT2D eigenvalue weighted by Gasteiger charge is -2.26. The molecule has 1 aliphatic heterocycles. The summed E-state index contributed by atoms with van der Waals surface area (Å²) in [6.07, 6.45) is 4.07. The van der Waals surface area contributed by atoms with E-state index < -0.39 is 0 Å². The Morgan fingerprint density at radius 1 is 1.27 bits per heavy atom. The van der Waals surface area contributed by atoms with Crippen LogP contribution in [0.25, 0.3) is 0 Å². The number of hydrogen-bond acceptors (Lipinski definition) is 6. The lowest BCUT2D eigenvalue weighted by atomic mass is 10.2. The highest BCUT2D eigenvalue weighted by Gasteiger charge is 2.32. The third-order valence-corrected chi connectivity index (χ3v) is 4.80. The molecule has 2 amide bonds. The zero-order chi connectivity index (χ0) is 21.5. The molecule has 0 N–H and O–H groups in total. The molecular weight excluding hydrogens is 384 g/mol. The van der Waals surface area contributed by atoms with Gasteiger partial charge >= 0.3 is 0 Å². The van der Waals surface area contributed by atoms with Crippen molar-refractivity contribution in [3.63, 3.8) is 0 Å². The van der Waals surface area contributed by atoms with E-state index in [-0.39, 0.29) is 30.2 Å². The Kier molecular flexibility index (Phi) is 7.35. The zero-order valence-electron chi connectivity index (χ0n) is 17.7. The van der Waals surface area contributed by atoms with Crippen molar-refractivity contribution < 1.29 is 19.1 Å². The number of rotatable bonds is 7. The van der Waals surface area contributed by atoms with Gasteiger partial charge in [-0.05, 0) is 23.6 Å². The van der Waals surface area contributed by atoms with Crippen LogP contribution in [0, 0.1) is 5.92 Å². The van der Waals surface area contributed by atoms with Gasteiger partial charge in [-0.1, -0.05) is 26.0 Å². The van der Waals surface area contributed by atoms with Crippen LogP contribution in [-0.4, -0.2) is 71.0 Å². The number of hydrogen-bond donors (Lipinski definition) is 0. The standard InChI is InChI=1S/C22H28N4O4/c1-16(2)11-25-12-19(30-15-17-5-4-6-18(9-17)29-3)13-26(14-21(25)27)22(28)20-10-23-7-8-24-20/h4-10,16,19H,11-15H2,1-3H3. The molecule has 0 radical (unpaired) electrons. The van der Waals surface area contributed by atoms with Crippen molar-refractivity contribution in [1.29, 1.82) is 0 Å². The second-order valence-corrected chi connectivity index (χ2v) is 7.75. The lowest BCUT2D eigenvalue weighted by Crippen LogP contribution is -2.40. The van der Waals surface area contributed by atoms with Crippen molar-refractivity contribution in [2.75, 3.05) is 33.3 Å². The first-order valence-corrected chi connectivity index (χ1v) is 10.0. The summed E-state index contributed by atoms with van der Waals surface area (Å²) in [7, 11) is 1.62. The second-order valence-electron chi connectivity index (χ2n) is 7.75. The van der Waals surface area contributed by atoms with E-state index in [1.807, 2.05) is 24.3 Å². The van der Waals surface area contributed by atoms with Gasteiger partial charge in [0.25, 0.3) is 5.91 Å². The normalized spacial score (nSPS) is 17.2. The predicted octanol–water partition coefficient (Wildman–Crippen LogP) is 2.01. The van der Waals surface area contributed by atoms with Gasteiger partial charge in [-0.3, -0.25) is 14.6 Å². The molecule has 160 valence electrons. The highest BCUT2D eigenvalue weighted by molar-refractivity contribution is 5.95. The molecule has 1 unspecified atom stereocenters. The molecule has 0 bridgehead atoms. The van der Waals surface area contributed by atoms with E-state index in [4.69, 9.17) is 9.47 Å². The van der Waals surface area contributed by atoms with Gasteiger partial charge in [-0.25, -0.2) is 4.98 Å². The van der Waals surface area contributed by atoms with Crippen LogP contribution in [-0.2, 0) is 16.1 Å². The molecule has 30 heavy (non-hydrogen) atoms. The maximum absolute atomic E-state index is 12.9. The van der Waals surface area contributed by atoms with Crippen molar-refractivity contribution >= 4 is 11.8 Å². The quantitative estimate of drug-likeness (QED) is 0.692. The largest absolute Gasteiger partial charge is 0.497 e. The molecule has 1 atom stereocenters. The van der Waals surface area contributed by atoms with Gasteiger partial charge in [-0.2, -0.15) is 0 Å². The Morgan fingerprint density at radius 3 is 2.80 bits per heavy atom. The first-order valence-electron chi connectivity index (χ1n) is 10.0. The van der Waals surface area contributed by atoms with E-state index in [1.165, 1.54) is 23.5 Å². The van der Waals surface area contributed by atoms with Crippen LogP contribution < -0.4 is 4.74 Å². The Labute approximate surface area is 176 Å². The number of ether oxygens (including phenoxy) is 2. The minimum Gasteiger partial charge on any atom is -0.497 e. The Balaban J connectivity index is 1.76. The summed E-state index contributed by atoms with van der Waals surface area (Å²) in [6.45, 7) is 5.84. The number of amides is 2. The molecule has 1 fully saturated rings. The average molecular weight is 412 g/mol. The minimum atomic E-state index is -0.321. The summed E-state index contributed by atoms with van der Waals surface area (Å²) in [4.78, 5) is 37.1. The molecule has 2 heterocycles. The van der Waals surface area contributed by atoms with E-state index in [0.29, 0.717) is 32.2 Å². The fourth-order valence-electron chi connectivity index (χ4n) is 3.40. The number of benzene rings is 1. The van der Waals surface area contributed by atoms with Crippen molar-refractivity contribution in [2.45, 2.75) is 26.6 Å². The molecule has 2 aromatic rings. The van der Waals surface area contributed by atoms with Gasteiger partial charge in [0.2, 0.25) is 5.91 Å². The fraction of sp³-hybridized carbons (Fsp3) is 0.455. The maximum Gasteiger partial charge on any atom is 0.274 e. The summed E-state index contributed by atoms with van der Waals surface area (Å²) in [5.74, 6) is 0.662. The molecule has 8 heteroatoms. The van der Waals surface area contributed by atoms with Gasteiger partial charge in [0.1, 0.15) is 18.0 Å². The van der Waals surface area contributed by atoms with Crippen LogP contribution >= 0.6 is 0 Å². The van der Waals surface area contributed by atoms with Crippen molar-refractivity contribution in [3.8, 4) is 5.75 Å². The Hall–Kier alpha value is -3.00.